The number of unbranched alkanes of at least 4 members (excludes halogenated alkanes) is 1. The number of ether oxygens (including phenoxy) is 2. The van der Waals surface area contributed by atoms with E-state index in [0.717, 1.165) is 18.4 Å². The molecule has 106 valence electrons. The third-order valence-corrected chi connectivity index (χ3v) is 3.01. The molecule has 0 saturated carbocycles. The van der Waals surface area contributed by atoms with Gasteiger partial charge in [0.2, 0.25) is 0 Å². The molecule has 1 rings (SSSR count). The van der Waals surface area contributed by atoms with Crippen LogP contribution in [0.5, 0.6) is 5.75 Å². The molecule has 1 aromatic carbocycles. The molecule has 0 heterocycles. The summed E-state index contributed by atoms with van der Waals surface area (Å²) >= 11 is 6.01. The van der Waals surface area contributed by atoms with Gasteiger partial charge in [-0.2, -0.15) is 0 Å². The lowest BCUT2D eigenvalue weighted by molar-refractivity contribution is -0.145. The molecule has 0 fully saturated rings. The van der Waals surface area contributed by atoms with Crippen molar-refractivity contribution in [1.82, 2.24) is 0 Å². The van der Waals surface area contributed by atoms with Crippen LogP contribution in [0.2, 0.25) is 5.02 Å². The summed E-state index contributed by atoms with van der Waals surface area (Å²) in [6, 6.07) is 4.68. The van der Waals surface area contributed by atoms with Crippen LogP contribution in [-0.4, -0.2) is 25.7 Å². The minimum absolute atomic E-state index is 0.375. The molecule has 0 bridgehead atoms. The topological polar surface area (TPSA) is 61.5 Å². The second kappa shape index (κ2) is 8.02. The molecule has 0 aliphatic carbocycles. The Balaban J connectivity index is 2.54. The zero-order valence-electron chi connectivity index (χ0n) is 11.3. The van der Waals surface area contributed by atoms with E-state index in [4.69, 9.17) is 26.8 Å². The van der Waals surface area contributed by atoms with Crippen LogP contribution >= 0.6 is 11.6 Å². The highest BCUT2D eigenvalue weighted by Gasteiger charge is 2.16. The SMILES string of the molecule is CCCCOC(=O)C(N)Cc1ccc(OC)c(Cl)c1. The fourth-order valence-electron chi connectivity index (χ4n) is 1.60. The van der Waals surface area contributed by atoms with Crippen LogP contribution in [0.15, 0.2) is 18.2 Å². The van der Waals surface area contributed by atoms with Crippen molar-refractivity contribution in [3.8, 4) is 5.75 Å². The molecule has 4 nitrogen and oxygen atoms in total. The van der Waals surface area contributed by atoms with Crippen LogP contribution in [0.25, 0.3) is 0 Å². The van der Waals surface area contributed by atoms with Gasteiger partial charge in [0.25, 0.3) is 0 Å². The summed E-state index contributed by atoms with van der Waals surface area (Å²) in [7, 11) is 1.55. The van der Waals surface area contributed by atoms with Gasteiger partial charge in [0, 0.05) is 0 Å². The molecule has 1 unspecified atom stereocenters. The number of halogens is 1. The number of methoxy groups -OCH3 is 1. The highest BCUT2D eigenvalue weighted by Crippen LogP contribution is 2.25. The van der Waals surface area contributed by atoms with Crippen LogP contribution in [-0.2, 0) is 16.0 Å². The first-order valence-corrected chi connectivity index (χ1v) is 6.71. The van der Waals surface area contributed by atoms with Gasteiger partial charge in [-0.25, -0.2) is 0 Å². The molecule has 0 aliphatic heterocycles. The van der Waals surface area contributed by atoms with Gasteiger partial charge < -0.3 is 15.2 Å². The van der Waals surface area contributed by atoms with Crippen LogP contribution in [0, 0.1) is 0 Å². The Bertz CT molecular complexity index is 423. The van der Waals surface area contributed by atoms with E-state index in [1.807, 2.05) is 13.0 Å². The Morgan fingerprint density at radius 2 is 2.21 bits per heavy atom. The van der Waals surface area contributed by atoms with Crippen molar-refractivity contribution in [1.29, 1.82) is 0 Å². The van der Waals surface area contributed by atoms with E-state index in [-0.39, 0.29) is 5.97 Å². The van der Waals surface area contributed by atoms with Crippen molar-refractivity contribution in [3.05, 3.63) is 28.8 Å². The van der Waals surface area contributed by atoms with E-state index < -0.39 is 6.04 Å². The maximum Gasteiger partial charge on any atom is 0.323 e. The van der Waals surface area contributed by atoms with Crippen LogP contribution in [0.1, 0.15) is 25.3 Å². The number of nitrogens with two attached hydrogens (primary N) is 1. The first-order valence-electron chi connectivity index (χ1n) is 6.33. The number of rotatable bonds is 7. The van der Waals surface area contributed by atoms with Gasteiger partial charge in [0.15, 0.2) is 0 Å². The molecule has 5 heteroatoms. The molecule has 0 radical (unpaired) electrons. The summed E-state index contributed by atoms with van der Waals surface area (Å²) in [4.78, 5) is 11.6. The third-order valence-electron chi connectivity index (χ3n) is 2.72. The predicted molar refractivity (Wildman–Crippen MR) is 75.6 cm³/mol. The monoisotopic (exact) mass is 285 g/mol. The third kappa shape index (κ3) is 5.09. The Kier molecular flexibility index (Phi) is 6.67. The fourth-order valence-corrected chi connectivity index (χ4v) is 1.88. The number of esters is 1. The summed E-state index contributed by atoms with van der Waals surface area (Å²) in [5.41, 5.74) is 6.68. The van der Waals surface area contributed by atoms with E-state index in [1.165, 1.54) is 0 Å². The highest BCUT2D eigenvalue weighted by atomic mass is 35.5. The predicted octanol–water partition coefficient (Wildman–Crippen LogP) is 2.56. The summed E-state index contributed by atoms with van der Waals surface area (Å²) in [5, 5.41) is 0.506. The van der Waals surface area contributed by atoms with Crippen molar-refractivity contribution in [2.75, 3.05) is 13.7 Å². The van der Waals surface area contributed by atoms with Gasteiger partial charge in [0.1, 0.15) is 11.8 Å². The van der Waals surface area contributed by atoms with Crippen molar-refractivity contribution >= 4 is 17.6 Å². The van der Waals surface area contributed by atoms with Gasteiger partial charge in [0.05, 0.1) is 18.7 Å². The molecule has 2 N–H and O–H groups in total. The van der Waals surface area contributed by atoms with Crippen LogP contribution < -0.4 is 10.5 Å². The Morgan fingerprint density at radius 1 is 1.47 bits per heavy atom. The normalized spacial score (nSPS) is 12.0. The molecule has 0 aromatic heterocycles. The highest BCUT2D eigenvalue weighted by molar-refractivity contribution is 6.32. The summed E-state index contributed by atoms with van der Waals surface area (Å²) < 4.78 is 10.1. The molecular formula is C14H20ClNO3. The van der Waals surface area contributed by atoms with Crippen molar-refractivity contribution in [2.24, 2.45) is 5.73 Å². The fraction of sp³-hybridized carbons (Fsp3) is 0.500. The molecular weight excluding hydrogens is 266 g/mol. The second-order valence-electron chi connectivity index (χ2n) is 4.30. The summed E-state index contributed by atoms with van der Waals surface area (Å²) in [6.45, 7) is 2.46. The van der Waals surface area contributed by atoms with Gasteiger partial charge in [-0.1, -0.05) is 31.0 Å². The molecule has 1 aromatic rings. The Morgan fingerprint density at radius 3 is 2.79 bits per heavy atom. The van der Waals surface area contributed by atoms with E-state index >= 15 is 0 Å². The van der Waals surface area contributed by atoms with Gasteiger partial charge >= 0.3 is 5.97 Å². The largest absolute Gasteiger partial charge is 0.495 e. The minimum Gasteiger partial charge on any atom is -0.495 e. The minimum atomic E-state index is -0.665. The van der Waals surface area contributed by atoms with E-state index in [1.54, 1.807) is 19.2 Å². The van der Waals surface area contributed by atoms with Crippen molar-refractivity contribution in [2.45, 2.75) is 32.2 Å². The standard InChI is InChI=1S/C14H20ClNO3/c1-3-4-7-19-14(17)12(16)9-10-5-6-13(18-2)11(15)8-10/h5-6,8,12H,3-4,7,9,16H2,1-2H3. The molecule has 0 spiro atoms. The zero-order valence-corrected chi connectivity index (χ0v) is 12.1. The van der Waals surface area contributed by atoms with Gasteiger partial charge in [-0.05, 0) is 30.5 Å². The number of carbonyl (C=O) groups excluding carboxylic acids is 1. The number of hydrogen-bond donors (Lipinski definition) is 1. The smallest absolute Gasteiger partial charge is 0.323 e. The first kappa shape index (κ1) is 15.8. The maximum atomic E-state index is 11.6. The molecule has 0 amide bonds. The average molecular weight is 286 g/mol. The maximum absolute atomic E-state index is 11.6. The lowest BCUT2D eigenvalue weighted by Gasteiger charge is -2.12. The average Bonchev–Trinajstić information content (AvgIpc) is 2.39. The second-order valence-corrected chi connectivity index (χ2v) is 4.71. The Labute approximate surface area is 118 Å². The summed E-state index contributed by atoms with van der Waals surface area (Å²) in [5.74, 6) is 0.227. The van der Waals surface area contributed by atoms with Crippen LogP contribution in [0.4, 0.5) is 0 Å². The van der Waals surface area contributed by atoms with E-state index in [0.29, 0.717) is 23.8 Å². The lowest BCUT2D eigenvalue weighted by Crippen LogP contribution is -2.34. The van der Waals surface area contributed by atoms with Crippen LogP contribution in [0.3, 0.4) is 0 Å². The van der Waals surface area contributed by atoms with Gasteiger partial charge in [-0.15, -0.1) is 0 Å². The van der Waals surface area contributed by atoms with E-state index in [2.05, 4.69) is 0 Å². The van der Waals surface area contributed by atoms with E-state index in [9.17, 15) is 4.79 Å². The molecule has 1 atom stereocenters. The lowest BCUT2D eigenvalue weighted by atomic mass is 10.1. The number of hydrogen-bond acceptors (Lipinski definition) is 4. The van der Waals surface area contributed by atoms with Crippen molar-refractivity contribution in [3.63, 3.8) is 0 Å². The summed E-state index contributed by atoms with van der Waals surface area (Å²) in [6.07, 6.45) is 2.23. The zero-order chi connectivity index (χ0) is 14.3. The Hall–Kier alpha value is -1.26. The number of carbonyl (C=O) groups is 1. The quantitative estimate of drug-likeness (QED) is 0.618. The molecule has 0 saturated heterocycles. The molecule has 19 heavy (non-hydrogen) atoms. The van der Waals surface area contributed by atoms with Gasteiger partial charge in [-0.3, -0.25) is 4.79 Å². The van der Waals surface area contributed by atoms with Crippen molar-refractivity contribution < 1.29 is 14.3 Å². The first-order chi connectivity index (χ1) is 9.08. The molecule has 0 aliphatic rings. The number of benzene rings is 1.